The highest BCUT2D eigenvalue weighted by Gasteiger charge is 2.14. The minimum absolute atomic E-state index is 0.193. The number of rotatable bonds is 6. The van der Waals surface area contributed by atoms with E-state index in [-0.39, 0.29) is 35.3 Å². The summed E-state index contributed by atoms with van der Waals surface area (Å²) >= 11 is 0. The number of hydrogen-bond donors (Lipinski definition) is 6. The minimum atomic E-state index is -0.790. The van der Waals surface area contributed by atoms with E-state index in [1.807, 2.05) is 0 Å². The van der Waals surface area contributed by atoms with E-state index < -0.39 is 6.04 Å². The number of nitrogens with two attached hydrogens (primary N) is 1. The molecule has 0 aromatic heterocycles. The zero-order valence-corrected chi connectivity index (χ0v) is 12.9. The Morgan fingerprint density at radius 2 is 1.46 bits per heavy atom. The highest BCUT2D eigenvalue weighted by atomic mass is 16.3. The van der Waals surface area contributed by atoms with Crippen LogP contribution in [0.5, 0.6) is 23.0 Å². The molecular formula is C17H20N2O5. The molecule has 7 nitrogen and oxygen atoms in total. The number of nitrogens with one attached hydrogen (secondary N) is 1. The van der Waals surface area contributed by atoms with Gasteiger partial charge < -0.3 is 31.5 Å². The Morgan fingerprint density at radius 1 is 0.917 bits per heavy atom. The summed E-state index contributed by atoms with van der Waals surface area (Å²) < 4.78 is 0. The van der Waals surface area contributed by atoms with Gasteiger partial charge in [0.2, 0.25) is 5.91 Å². The molecule has 7 N–H and O–H groups in total. The molecule has 1 amide bonds. The Hall–Kier alpha value is -2.93. The normalized spacial score (nSPS) is 11.9. The van der Waals surface area contributed by atoms with Gasteiger partial charge in [0.1, 0.15) is 0 Å². The zero-order valence-electron chi connectivity index (χ0n) is 12.9. The number of aromatic hydroxyl groups is 4. The summed E-state index contributed by atoms with van der Waals surface area (Å²) in [6.07, 6.45) is 0.700. The largest absolute Gasteiger partial charge is 0.504 e. The number of phenols is 4. The molecule has 0 aliphatic carbocycles. The lowest BCUT2D eigenvalue weighted by Gasteiger charge is -2.13. The zero-order chi connectivity index (χ0) is 17.7. The summed E-state index contributed by atoms with van der Waals surface area (Å²) in [6.45, 7) is 0.331. The maximum atomic E-state index is 12.0. The van der Waals surface area contributed by atoms with Crippen molar-refractivity contribution in [2.45, 2.75) is 18.9 Å². The molecule has 1 atom stereocenters. The third kappa shape index (κ3) is 4.53. The lowest BCUT2D eigenvalue weighted by molar-refractivity contribution is -0.122. The van der Waals surface area contributed by atoms with Crippen molar-refractivity contribution in [3.05, 3.63) is 47.5 Å². The van der Waals surface area contributed by atoms with Crippen LogP contribution in [0.3, 0.4) is 0 Å². The maximum Gasteiger partial charge on any atom is 0.237 e. The first-order valence-corrected chi connectivity index (χ1v) is 7.42. The fraction of sp³-hybridized carbons (Fsp3) is 0.235. The number of carbonyl (C=O) groups excluding carboxylic acids is 1. The van der Waals surface area contributed by atoms with Gasteiger partial charge in [-0.25, -0.2) is 0 Å². The molecule has 0 aliphatic heterocycles. The molecule has 0 heterocycles. The molecule has 0 radical (unpaired) electrons. The van der Waals surface area contributed by atoms with Gasteiger partial charge in [0.15, 0.2) is 23.0 Å². The maximum absolute atomic E-state index is 12.0. The summed E-state index contributed by atoms with van der Waals surface area (Å²) in [6, 6.07) is 7.97. The van der Waals surface area contributed by atoms with Gasteiger partial charge >= 0.3 is 0 Å². The second kappa shape index (κ2) is 7.56. The standard InChI is InChI=1S/C17H20N2O5/c18-12(7-11-2-4-14(21)16(23)9-11)17(24)19-6-5-10-1-3-13(20)15(22)8-10/h1-4,8-9,12,20-23H,5-7,18H2,(H,19,24)/t12-/m0/s1. The number of amides is 1. The topological polar surface area (TPSA) is 136 Å². The lowest BCUT2D eigenvalue weighted by Crippen LogP contribution is -2.42. The first-order chi connectivity index (χ1) is 11.4. The van der Waals surface area contributed by atoms with Gasteiger partial charge in [-0.3, -0.25) is 4.79 Å². The SMILES string of the molecule is N[C@@H](Cc1ccc(O)c(O)c1)C(=O)NCCc1ccc(O)c(O)c1. The van der Waals surface area contributed by atoms with Gasteiger partial charge in [0.05, 0.1) is 6.04 Å². The number of carbonyl (C=O) groups is 1. The van der Waals surface area contributed by atoms with Crippen LogP contribution in [0, 0.1) is 0 Å². The molecule has 0 fully saturated rings. The van der Waals surface area contributed by atoms with Crippen LogP contribution in [0.1, 0.15) is 11.1 Å². The molecule has 128 valence electrons. The van der Waals surface area contributed by atoms with E-state index in [4.69, 9.17) is 5.73 Å². The van der Waals surface area contributed by atoms with E-state index in [0.29, 0.717) is 18.5 Å². The third-order valence-electron chi connectivity index (χ3n) is 3.58. The second-order valence-electron chi connectivity index (χ2n) is 5.50. The quantitative estimate of drug-likeness (QED) is 0.432. The predicted molar refractivity (Wildman–Crippen MR) is 87.9 cm³/mol. The van der Waals surface area contributed by atoms with Crippen molar-refractivity contribution < 1.29 is 25.2 Å². The molecule has 0 spiro atoms. The first-order valence-electron chi connectivity index (χ1n) is 7.42. The van der Waals surface area contributed by atoms with Crippen LogP contribution in [0.2, 0.25) is 0 Å². The summed E-state index contributed by atoms with van der Waals surface area (Å²) in [5, 5.41) is 40.0. The van der Waals surface area contributed by atoms with Gasteiger partial charge in [-0.2, -0.15) is 0 Å². The third-order valence-corrected chi connectivity index (χ3v) is 3.58. The predicted octanol–water partition coefficient (Wildman–Crippen LogP) is 0.738. The van der Waals surface area contributed by atoms with E-state index in [9.17, 15) is 25.2 Å². The molecule has 0 aliphatic rings. The summed E-state index contributed by atoms with van der Waals surface area (Å²) in [7, 11) is 0. The molecule has 0 bridgehead atoms. The fourth-order valence-electron chi connectivity index (χ4n) is 2.23. The van der Waals surface area contributed by atoms with Crippen LogP contribution in [-0.2, 0) is 17.6 Å². The first kappa shape index (κ1) is 17.4. The Bertz CT molecular complexity index is 733. The molecule has 0 unspecified atom stereocenters. The van der Waals surface area contributed by atoms with Crippen molar-refractivity contribution in [3.8, 4) is 23.0 Å². The van der Waals surface area contributed by atoms with E-state index in [1.54, 1.807) is 12.1 Å². The van der Waals surface area contributed by atoms with Crippen molar-refractivity contribution in [1.82, 2.24) is 5.32 Å². The number of benzene rings is 2. The van der Waals surface area contributed by atoms with Gasteiger partial charge in [0.25, 0.3) is 0 Å². The van der Waals surface area contributed by atoms with Crippen molar-refractivity contribution >= 4 is 5.91 Å². The van der Waals surface area contributed by atoms with Gasteiger partial charge in [0, 0.05) is 6.54 Å². The minimum Gasteiger partial charge on any atom is -0.504 e. The Kier molecular flexibility index (Phi) is 5.49. The molecule has 0 saturated carbocycles. The molecule has 2 rings (SSSR count). The second-order valence-corrected chi connectivity index (χ2v) is 5.50. The van der Waals surface area contributed by atoms with E-state index in [1.165, 1.54) is 24.3 Å². The molecule has 0 saturated heterocycles. The van der Waals surface area contributed by atoms with Crippen LogP contribution in [-0.4, -0.2) is 38.9 Å². The summed E-state index contributed by atoms with van der Waals surface area (Å²) in [4.78, 5) is 12.0. The molecule has 24 heavy (non-hydrogen) atoms. The average Bonchev–Trinajstić information content (AvgIpc) is 2.54. The summed E-state index contributed by atoms with van der Waals surface area (Å²) in [5.41, 5.74) is 7.23. The van der Waals surface area contributed by atoms with E-state index >= 15 is 0 Å². The average molecular weight is 332 g/mol. The molecule has 7 heteroatoms. The van der Waals surface area contributed by atoms with Crippen molar-refractivity contribution in [1.29, 1.82) is 0 Å². The number of phenolic OH excluding ortho intramolecular Hbond substituents is 4. The highest BCUT2D eigenvalue weighted by Crippen LogP contribution is 2.26. The van der Waals surface area contributed by atoms with Crippen molar-refractivity contribution in [3.63, 3.8) is 0 Å². The van der Waals surface area contributed by atoms with Gasteiger partial charge in [-0.15, -0.1) is 0 Å². The lowest BCUT2D eigenvalue weighted by atomic mass is 10.1. The number of hydrogen-bond acceptors (Lipinski definition) is 6. The smallest absolute Gasteiger partial charge is 0.237 e. The highest BCUT2D eigenvalue weighted by molar-refractivity contribution is 5.81. The summed E-state index contributed by atoms with van der Waals surface area (Å²) in [5.74, 6) is -1.23. The molecule has 2 aromatic rings. The van der Waals surface area contributed by atoms with Crippen molar-refractivity contribution in [2.75, 3.05) is 6.54 Å². The fourth-order valence-corrected chi connectivity index (χ4v) is 2.23. The molecule has 2 aromatic carbocycles. The van der Waals surface area contributed by atoms with Crippen LogP contribution < -0.4 is 11.1 Å². The van der Waals surface area contributed by atoms with Crippen LogP contribution in [0.15, 0.2) is 36.4 Å². The van der Waals surface area contributed by atoms with Crippen molar-refractivity contribution in [2.24, 2.45) is 5.73 Å². The van der Waals surface area contributed by atoms with Crippen LogP contribution >= 0.6 is 0 Å². The van der Waals surface area contributed by atoms with Crippen LogP contribution in [0.4, 0.5) is 0 Å². The van der Waals surface area contributed by atoms with E-state index in [2.05, 4.69) is 5.32 Å². The monoisotopic (exact) mass is 332 g/mol. The van der Waals surface area contributed by atoms with Gasteiger partial charge in [-0.05, 0) is 48.2 Å². The Morgan fingerprint density at radius 3 is 2.04 bits per heavy atom. The molecular weight excluding hydrogens is 312 g/mol. The van der Waals surface area contributed by atoms with E-state index in [0.717, 1.165) is 5.56 Å². The Labute approximate surface area is 139 Å². The Balaban J connectivity index is 1.82. The van der Waals surface area contributed by atoms with Gasteiger partial charge in [-0.1, -0.05) is 12.1 Å². The van der Waals surface area contributed by atoms with Crippen LogP contribution in [0.25, 0.3) is 0 Å².